The predicted molar refractivity (Wildman–Crippen MR) is 134 cm³/mol. The van der Waals surface area contributed by atoms with Crippen molar-refractivity contribution in [2.24, 2.45) is 0 Å². The molecular weight excluding hydrogens is 456 g/mol. The molecule has 0 radical (unpaired) electrons. The summed E-state index contributed by atoms with van der Waals surface area (Å²) in [6.45, 7) is 17.2. The van der Waals surface area contributed by atoms with Crippen LogP contribution in [0.5, 0.6) is 0 Å². The van der Waals surface area contributed by atoms with Crippen LogP contribution in [0.25, 0.3) is 0 Å². The smallest absolute Gasteiger partial charge is 0.157 e. The molecule has 0 amide bonds. The average molecular weight is 495 g/mol. The number of fused-ring (bicyclic) bond motifs is 2. The van der Waals surface area contributed by atoms with Gasteiger partial charge in [-0.1, -0.05) is 12.1 Å². The molecule has 4 heterocycles. The van der Waals surface area contributed by atoms with E-state index >= 15 is 0 Å². The van der Waals surface area contributed by atoms with E-state index in [-0.39, 0.29) is 11.4 Å². The number of hydrogen-bond acceptors (Lipinski definition) is 7. The fourth-order valence-electron chi connectivity index (χ4n) is 4.40. The van der Waals surface area contributed by atoms with Crippen LogP contribution >= 0.6 is 11.3 Å². The Morgan fingerprint density at radius 3 is 2.58 bits per heavy atom. The fourth-order valence-corrected chi connectivity index (χ4v) is 6.62. The van der Waals surface area contributed by atoms with Crippen LogP contribution in [0, 0.1) is 0 Å². The lowest BCUT2D eigenvalue weighted by Gasteiger charge is -2.44. The van der Waals surface area contributed by atoms with Crippen LogP contribution in [0.1, 0.15) is 61.5 Å². The summed E-state index contributed by atoms with van der Waals surface area (Å²) < 4.78 is 31.9. The summed E-state index contributed by atoms with van der Waals surface area (Å²) in [5, 5.41) is 8.42. The van der Waals surface area contributed by atoms with Crippen LogP contribution in [0.3, 0.4) is 0 Å². The summed E-state index contributed by atoms with van der Waals surface area (Å²) in [4.78, 5) is 5.38. The molecule has 4 rings (SSSR count). The van der Waals surface area contributed by atoms with E-state index in [1.165, 1.54) is 15.3 Å². The van der Waals surface area contributed by atoms with Crippen molar-refractivity contribution in [2.45, 2.75) is 76.8 Å². The first-order chi connectivity index (χ1) is 15.6. The molecule has 33 heavy (non-hydrogen) atoms. The Bertz CT molecular complexity index is 1030. The molecule has 0 unspecified atom stereocenters. The third-order valence-electron chi connectivity index (χ3n) is 6.56. The maximum Gasteiger partial charge on any atom is 0.157 e. The van der Waals surface area contributed by atoms with E-state index in [0.717, 1.165) is 57.6 Å². The minimum Gasteiger partial charge on any atom is -0.370 e. The van der Waals surface area contributed by atoms with E-state index in [0.29, 0.717) is 6.54 Å². The average Bonchev–Trinajstić information content (AvgIpc) is 3.42. The number of thiophene rings is 1. The van der Waals surface area contributed by atoms with Crippen molar-refractivity contribution in [3.05, 3.63) is 46.4 Å². The highest BCUT2D eigenvalue weighted by atomic mass is 32.2. The van der Waals surface area contributed by atoms with E-state index in [2.05, 4.69) is 41.4 Å². The first-order valence-corrected chi connectivity index (χ1v) is 14.2. The Balaban J connectivity index is 0.00000149. The van der Waals surface area contributed by atoms with Gasteiger partial charge in [0, 0.05) is 42.0 Å². The van der Waals surface area contributed by atoms with Crippen molar-refractivity contribution in [1.82, 2.24) is 19.9 Å². The van der Waals surface area contributed by atoms with Crippen molar-refractivity contribution in [3.8, 4) is 0 Å². The molecule has 2 aromatic rings. The predicted octanol–water partition coefficient (Wildman–Crippen LogP) is 3.98. The summed E-state index contributed by atoms with van der Waals surface area (Å²) in [6.07, 6.45) is 6.01. The molecule has 184 valence electrons. The molecule has 0 bridgehead atoms. The lowest BCUT2D eigenvalue weighted by molar-refractivity contribution is -0.0982. The lowest BCUT2D eigenvalue weighted by Crippen LogP contribution is -2.45. The first-order valence-electron chi connectivity index (χ1n) is 11.7. The Kier molecular flexibility index (Phi) is 8.19. The van der Waals surface area contributed by atoms with E-state index in [4.69, 9.17) is 4.74 Å². The summed E-state index contributed by atoms with van der Waals surface area (Å²) in [7, 11) is -3.17. The minimum atomic E-state index is -3.17. The van der Waals surface area contributed by atoms with Crippen LogP contribution in [-0.4, -0.2) is 58.5 Å². The standard InChI is InChI=1S/C22H34N4O3S2.C2H4/c1-5-18-14-19-20(30-18)6-12-29-22(19)7-9-25(10-8-22)15-17-16-26(24-23-17)11-13-31(27,28)21(2,3)4;1-2/h14,16H,5-13,15H2,1-4H3;1-2H2. The zero-order valence-electron chi connectivity index (χ0n) is 20.5. The largest absolute Gasteiger partial charge is 0.370 e. The highest BCUT2D eigenvalue weighted by Crippen LogP contribution is 2.44. The van der Waals surface area contributed by atoms with E-state index < -0.39 is 14.6 Å². The van der Waals surface area contributed by atoms with Crippen LogP contribution in [0.15, 0.2) is 25.4 Å². The first kappa shape index (κ1) is 26.1. The van der Waals surface area contributed by atoms with Gasteiger partial charge in [0.1, 0.15) is 0 Å². The Morgan fingerprint density at radius 2 is 1.94 bits per heavy atom. The highest BCUT2D eigenvalue weighted by molar-refractivity contribution is 7.92. The molecule has 2 aliphatic rings. The second kappa shape index (κ2) is 10.4. The van der Waals surface area contributed by atoms with Gasteiger partial charge in [-0.25, -0.2) is 8.42 Å². The van der Waals surface area contributed by atoms with Crippen molar-refractivity contribution in [2.75, 3.05) is 25.4 Å². The number of likely N-dealkylation sites (tertiary alicyclic amines) is 1. The van der Waals surface area contributed by atoms with Gasteiger partial charge >= 0.3 is 0 Å². The summed E-state index contributed by atoms with van der Waals surface area (Å²) in [5.41, 5.74) is 2.21. The quantitative estimate of drug-likeness (QED) is 0.566. The molecule has 1 spiro atoms. The molecule has 0 N–H and O–H groups in total. The topological polar surface area (TPSA) is 77.3 Å². The molecule has 0 saturated carbocycles. The number of aryl methyl sites for hydroxylation is 2. The van der Waals surface area contributed by atoms with Crippen molar-refractivity contribution < 1.29 is 13.2 Å². The Hall–Kier alpha value is -1.55. The molecular formula is C24H38N4O3S2. The normalized spacial score (nSPS) is 18.5. The van der Waals surface area contributed by atoms with Crippen LogP contribution in [0.2, 0.25) is 0 Å². The van der Waals surface area contributed by atoms with E-state index in [1.807, 2.05) is 17.5 Å². The molecule has 9 heteroatoms. The fraction of sp³-hybridized carbons (Fsp3) is 0.667. The monoisotopic (exact) mass is 494 g/mol. The molecule has 2 aliphatic heterocycles. The third-order valence-corrected chi connectivity index (χ3v) is 10.5. The molecule has 7 nitrogen and oxygen atoms in total. The van der Waals surface area contributed by atoms with Gasteiger partial charge < -0.3 is 4.74 Å². The second-order valence-corrected chi connectivity index (χ2v) is 13.8. The summed E-state index contributed by atoms with van der Waals surface area (Å²) in [5.74, 6) is 0.0750. The molecule has 0 atom stereocenters. The van der Waals surface area contributed by atoms with Gasteiger partial charge in [-0.2, -0.15) is 0 Å². The zero-order valence-corrected chi connectivity index (χ0v) is 22.1. The Morgan fingerprint density at radius 1 is 1.24 bits per heavy atom. The van der Waals surface area contributed by atoms with Crippen LogP contribution < -0.4 is 0 Å². The van der Waals surface area contributed by atoms with Crippen LogP contribution in [-0.2, 0) is 46.1 Å². The number of aromatic nitrogens is 3. The summed E-state index contributed by atoms with van der Waals surface area (Å²) in [6, 6.07) is 2.38. The van der Waals surface area contributed by atoms with Crippen molar-refractivity contribution in [3.63, 3.8) is 0 Å². The molecule has 1 fully saturated rings. The van der Waals surface area contributed by atoms with Gasteiger partial charge in [0.15, 0.2) is 9.84 Å². The van der Waals surface area contributed by atoms with Crippen molar-refractivity contribution in [1.29, 1.82) is 0 Å². The van der Waals surface area contributed by atoms with Gasteiger partial charge in [-0.3, -0.25) is 9.58 Å². The van der Waals surface area contributed by atoms with Crippen LogP contribution in [0.4, 0.5) is 0 Å². The number of hydrogen-bond donors (Lipinski definition) is 0. The maximum absolute atomic E-state index is 12.3. The van der Waals surface area contributed by atoms with Gasteiger partial charge in [0.25, 0.3) is 0 Å². The van der Waals surface area contributed by atoms with Gasteiger partial charge in [0.05, 0.1) is 34.9 Å². The molecule has 1 saturated heterocycles. The highest BCUT2D eigenvalue weighted by Gasteiger charge is 2.41. The van der Waals surface area contributed by atoms with Crippen molar-refractivity contribution >= 4 is 21.2 Å². The van der Waals surface area contributed by atoms with Gasteiger partial charge in [-0.15, -0.1) is 29.6 Å². The molecule has 0 aromatic carbocycles. The minimum absolute atomic E-state index is 0.0750. The number of sulfone groups is 1. The third kappa shape index (κ3) is 5.75. The maximum atomic E-state index is 12.3. The summed E-state index contributed by atoms with van der Waals surface area (Å²) >= 11 is 1.96. The number of piperidine rings is 1. The van der Waals surface area contributed by atoms with Gasteiger partial charge in [0.2, 0.25) is 0 Å². The van der Waals surface area contributed by atoms with Gasteiger partial charge in [-0.05, 0) is 51.7 Å². The second-order valence-electron chi connectivity index (χ2n) is 9.68. The number of ether oxygens (including phenoxy) is 1. The molecule has 0 aliphatic carbocycles. The zero-order chi connectivity index (χ0) is 24.3. The number of rotatable bonds is 6. The van der Waals surface area contributed by atoms with E-state index in [1.54, 1.807) is 25.5 Å². The number of nitrogens with zero attached hydrogens (tertiary/aromatic N) is 4. The Labute approximate surface area is 202 Å². The van der Waals surface area contributed by atoms with E-state index in [9.17, 15) is 8.42 Å². The SMILES string of the molecule is C=C.CCc1cc2c(s1)CCOC21CCN(Cc2cn(CCS(=O)(=O)C(C)(C)C)nn2)CC1. The lowest BCUT2D eigenvalue weighted by atomic mass is 9.82. The molecule has 2 aromatic heterocycles.